The molecule has 178 valence electrons. The summed E-state index contributed by atoms with van der Waals surface area (Å²) in [7, 11) is 0. The van der Waals surface area contributed by atoms with E-state index in [0.717, 1.165) is 51.5 Å². The van der Waals surface area contributed by atoms with Gasteiger partial charge in [0.05, 0.1) is 0 Å². The van der Waals surface area contributed by atoms with Crippen molar-refractivity contribution in [3.05, 3.63) is 71.8 Å². The number of guanidine groups is 1. The first kappa shape index (κ1) is 25.5. The summed E-state index contributed by atoms with van der Waals surface area (Å²) < 4.78 is 0. The van der Waals surface area contributed by atoms with Crippen LogP contribution in [0.25, 0.3) is 0 Å². The molecule has 2 N–H and O–H groups in total. The van der Waals surface area contributed by atoms with Crippen molar-refractivity contribution in [1.29, 1.82) is 0 Å². The van der Waals surface area contributed by atoms with Gasteiger partial charge in [0.25, 0.3) is 0 Å². The highest BCUT2D eigenvalue weighted by molar-refractivity contribution is 14.0. The number of likely N-dealkylation sites (tertiary alicyclic amines) is 1. The maximum atomic E-state index is 12.5. The van der Waals surface area contributed by atoms with E-state index >= 15 is 0 Å². The van der Waals surface area contributed by atoms with Gasteiger partial charge in [0.15, 0.2) is 5.96 Å². The second-order valence-corrected chi connectivity index (χ2v) is 9.38. The van der Waals surface area contributed by atoms with Crippen LogP contribution in [-0.2, 0) is 17.6 Å². The van der Waals surface area contributed by atoms with E-state index < -0.39 is 0 Å². The maximum Gasteiger partial charge on any atom is 0.223 e. The quantitative estimate of drug-likeness (QED) is 0.259. The summed E-state index contributed by atoms with van der Waals surface area (Å²) >= 11 is 0. The van der Waals surface area contributed by atoms with E-state index in [2.05, 4.69) is 72.2 Å². The molecular formula is C27H37IN4O. The van der Waals surface area contributed by atoms with Crippen LogP contribution in [0.3, 0.4) is 0 Å². The first-order valence-corrected chi connectivity index (χ1v) is 12.0. The highest BCUT2D eigenvalue weighted by Gasteiger charge is 2.42. The lowest BCUT2D eigenvalue weighted by atomic mass is 9.97. The lowest BCUT2D eigenvalue weighted by Gasteiger charge is -2.18. The molecule has 4 rings (SSSR count). The zero-order valence-corrected chi connectivity index (χ0v) is 22.0. The molecule has 0 aromatic heterocycles. The Balaban J connectivity index is 0.00000306. The molecule has 0 radical (unpaired) electrons. The van der Waals surface area contributed by atoms with Crippen LogP contribution < -0.4 is 10.6 Å². The number of amides is 1. The molecule has 1 aliphatic heterocycles. The standard InChI is InChI=1S/C27H36N4O.HI/c1-2-28-26(30-21-27(14-15-27)18-23-11-7-4-8-12-23)29-19-24-17-25(32)31(20-24)16-13-22-9-5-3-6-10-22;/h3-12,24H,2,13-21H2,1H3,(H2,28,29,30);1H. The normalized spacial score (nSPS) is 19.2. The van der Waals surface area contributed by atoms with E-state index in [-0.39, 0.29) is 29.9 Å². The molecule has 2 aliphatic rings. The van der Waals surface area contributed by atoms with E-state index in [1.54, 1.807) is 0 Å². The zero-order valence-electron chi connectivity index (χ0n) is 19.6. The van der Waals surface area contributed by atoms with Crippen molar-refractivity contribution < 1.29 is 4.79 Å². The fourth-order valence-electron chi connectivity index (χ4n) is 4.54. The van der Waals surface area contributed by atoms with Crippen LogP contribution in [0.4, 0.5) is 0 Å². The molecule has 1 aliphatic carbocycles. The van der Waals surface area contributed by atoms with Crippen LogP contribution >= 0.6 is 24.0 Å². The highest BCUT2D eigenvalue weighted by Crippen LogP contribution is 2.48. The molecule has 1 saturated carbocycles. The molecule has 5 nitrogen and oxygen atoms in total. The van der Waals surface area contributed by atoms with Gasteiger partial charge in [0.2, 0.25) is 5.91 Å². The molecule has 1 saturated heterocycles. The number of nitrogens with one attached hydrogen (secondary N) is 2. The van der Waals surface area contributed by atoms with Gasteiger partial charge in [-0.3, -0.25) is 9.79 Å². The average Bonchev–Trinajstić information content (AvgIpc) is 3.49. The monoisotopic (exact) mass is 560 g/mol. The van der Waals surface area contributed by atoms with Crippen LogP contribution in [0, 0.1) is 11.3 Å². The van der Waals surface area contributed by atoms with Crippen molar-refractivity contribution in [3.8, 4) is 0 Å². The summed E-state index contributed by atoms with van der Waals surface area (Å²) in [4.78, 5) is 19.4. The predicted molar refractivity (Wildman–Crippen MR) is 146 cm³/mol. The lowest BCUT2D eigenvalue weighted by Crippen LogP contribution is -2.40. The average molecular weight is 561 g/mol. The topological polar surface area (TPSA) is 56.7 Å². The molecule has 0 bridgehead atoms. The zero-order chi connectivity index (χ0) is 22.2. The summed E-state index contributed by atoms with van der Waals surface area (Å²) in [5.41, 5.74) is 3.01. The molecular weight excluding hydrogens is 523 g/mol. The minimum atomic E-state index is 0. The van der Waals surface area contributed by atoms with Gasteiger partial charge >= 0.3 is 0 Å². The Morgan fingerprint density at radius 3 is 2.33 bits per heavy atom. The number of hydrogen-bond acceptors (Lipinski definition) is 2. The Bertz CT molecular complexity index is 899. The maximum absolute atomic E-state index is 12.5. The number of halogens is 1. The first-order valence-electron chi connectivity index (χ1n) is 12.0. The summed E-state index contributed by atoms with van der Waals surface area (Å²) in [6.45, 7) is 6.20. The molecule has 2 fully saturated rings. The largest absolute Gasteiger partial charge is 0.357 e. The molecule has 33 heavy (non-hydrogen) atoms. The summed E-state index contributed by atoms with van der Waals surface area (Å²) in [5, 5.41) is 6.88. The minimum Gasteiger partial charge on any atom is -0.357 e. The van der Waals surface area contributed by atoms with Crippen LogP contribution in [0.15, 0.2) is 65.7 Å². The van der Waals surface area contributed by atoms with Crippen molar-refractivity contribution in [2.24, 2.45) is 16.3 Å². The van der Waals surface area contributed by atoms with Crippen LogP contribution in [0.1, 0.15) is 37.3 Å². The van der Waals surface area contributed by atoms with Gasteiger partial charge in [0.1, 0.15) is 0 Å². The Morgan fingerprint density at radius 1 is 1.03 bits per heavy atom. The molecule has 6 heteroatoms. The van der Waals surface area contributed by atoms with Crippen LogP contribution in [0.5, 0.6) is 0 Å². The Kier molecular flexibility index (Phi) is 9.59. The number of nitrogens with zero attached hydrogens (tertiary/aromatic N) is 2. The Hall–Kier alpha value is -2.09. The second kappa shape index (κ2) is 12.4. The van der Waals surface area contributed by atoms with Crippen molar-refractivity contribution in [1.82, 2.24) is 15.5 Å². The van der Waals surface area contributed by atoms with Gasteiger partial charge in [-0.2, -0.15) is 0 Å². The van der Waals surface area contributed by atoms with Gasteiger partial charge in [-0.15, -0.1) is 24.0 Å². The van der Waals surface area contributed by atoms with Gasteiger partial charge in [-0.1, -0.05) is 60.7 Å². The van der Waals surface area contributed by atoms with Gasteiger partial charge in [0, 0.05) is 45.1 Å². The van der Waals surface area contributed by atoms with Crippen molar-refractivity contribution in [3.63, 3.8) is 0 Å². The van der Waals surface area contributed by atoms with Gasteiger partial charge < -0.3 is 15.5 Å². The third kappa shape index (κ3) is 7.73. The molecule has 1 atom stereocenters. The van der Waals surface area contributed by atoms with Crippen LogP contribution in [0.2, 0.25) is 0 Å². The summed E-state index contributed by atoms with van der Waals surface area (Å²) in [6.07, 6.45) is 5.14. The molecule has 0 spiro atoms. The number of benzene rings is 2. The van der Waals surface area contributed by atoms with Crippen molar-refractivity contribution in [2.75, 3.05) is 32.7 Å². The summed E-state index contributed by atoms with van der Waals surface area (Å²) in [6, 6.07) is 21.1. The predicted octanol–water partition coefficient (Wildman–Crippen LogP) is 4.27. The third-order valence-electron chi connectivity index (χ3n) is 6.66. The molecule has 1 heterocycles. The van der Waals surface area contributed by atoms with E-state index in [9.17, 15) is 4.79 Å². The molecule has 2 aromatic carbocycles. The minimum absolute atomic E-state index is 0. The van der Waals surface area contributed by atoms with Gasteiger partial charge in [-0.25, -0.2) is 0 Å². The van der Waals surface area contributed by atoms with E-state index in [4.69, 9.17) is 4.99 Å². The van der Waals surface area contributed by atoms with Crippen molar-refractivity contribution in [2.45, 2.75) is 39.0 Å². The third-order valence-corrected chi connectivity index (χ3v) is 6.66. The first-order chi connectivity index (χ1) is 15.7. The van der Waals surface area contributed by atoms with E-state index in [0.29, 0.717) is 17.8 Å². The number of aliphatic imine (C=N–C) groups is 1. The number of carbonyl (C=O) groups excluding carboxylic acids is 1. The molecule has 1 amide bonds. The Labute approximate surface area is 215 Å². The van der Waals surface area contributed by atoms with Crippen molar-refractivity contribution >= 4 is 35.8 Å². The second-order valence-electron chi connectivity index (χ2n) is 9.38. The van der Waals surface area contributed by atoms with Gasteiger partial charge in [-0.05, 0) is 49.1 Å². The lowest BCUT2D eigenvalue weighted by molar-refractivity contribution is -0.127. The SMILES string of the molecule is CCNC(=NCC1(Cc2ccccc2)CC1)NCC1CC(=O)N(CCc2ccccc2)C1.I. The van der Waals surface area contributed by atoms with E-state index in [1.165, 1.54) is 24.0 Å². The fourth-order valence-corrected chi connectivity index (χ4v) is 4.54. The molecule has 2 aromatic rings. The highest BCUT2D eigenvalue weighted by atomic mass is 127. The number of hydrogen-bond donors (Lipinski definition) is 2. The Morgan fingerprint density at radius 2 is 1.70 bits per heavy atom. The summed E-state index contributed by atoms with van der Waals surface area (Å²) in [5.74, 6) is 1.48. The smallest absolute Gasteiger partial charge is 0.223 e. The fraction of sp³-hybridized carbons (Fsp3) is 0.481. The molecule has 1 unspecified atom stereocenters. The number of carbonyl (C=O) groups is 1. The van der Waals surface area contributed by atoms with E-state index in [1.807, 2.05) is 11.0 Å². The van der Waals surface area contributed by atoms with Crippen LogP contribution in [-0.4, -0.2) is 49.5 Å². The number of rotatable bonds is 10.